The van der Waals surface area contributed by atoms with Crippen molar-refractivity contribution in [2.24, 2.45) is 7.05 Å². The van der Waals surface area contributed by atoms with Gasteiger partial charge in [-0.15, -0.1) is 10.2 Å². The van der Waals surface area contributed by atoms with E-state index < -0.39 is 6.10 Å². The fraction of sp³-hybridized carbons (Fsp3) is 0.412. The maximum Gasteiger partial charge on any atom is 0.146 e. The lowest BCUT2D eigenvalue weighted by atomic mass is 10.2. The molecule has 0 saturated heterocycles. The lowest BCUT2D eigenvalue weighted by Gasteiger charge is -2.20. The van der Waals surface area contributed by atoms with Crippen LogP contribution in [0.1, 0.15) is 11.6 Å². The Morgan fingerprint density at radius 2 is 2.17 bits per heavy atom. The van der Waals surface area contributed by atoms with E-state index in [1.54, 1.807) is 0 Å². The normalized spacial score (nSPS) is 12.9. The van der Waals surface area contributed by atoms with Crippen molar-refractivity contribution in [3.63, 3.8) is 0 Å². The van der Waals surface area contributed by atoms with E-state index in [9.17, 15) is 5.11 Å². The standard InChI is InChI=1S/C17H23N5O2/c1-12-19-20-17(22(12)3)10-21(2)9-13(23)11-24-16-6-4-5-15-14(16)7-8-18-15/h4-8,13,18,23H,9-11H2,1-3H3. The molecule has 0 aliphatic heterocycles. The molecule has 2 heterocycles. The van der Waals surface area contributed by atoms with Crippen molar-refractivity contribution in [1.29, 1.82) is 0 Å². The van der Waals surface area contributed by atoms with Crippen LogP contribution in [0, 0.1) is 6.92 Å². The van der Waals surface area contributed by atoms with Gasteiger partial charge in [0.15, 0.2) is 0 Å². The number of aromatic nitrogens is 4. The molecule has 7 nitrogen and oxygen atoms in total. The van der Waals surface area contributed by atoms with Gasteiger partial charge in [0.2, 0.25) is 0 Å². The van der Waals surface area contributed by atoms with E-state index in [1.807, 2.05) is 60.9 Å². The molecule has 0 spiro atoms. The minimum absolute atomic E-state index is 0.243. The van der Waals surface area contributed by atoms with Crippen LogP contribution in [-0.2, 0) is 13.6 Å². The first kappa shape index (κ1) is 16.5. The van der Waals surface area contributed by atoms with Crippen molar-refractivity contribution in [2.75, 3.05) is 20.2 Å². The van der Waals surface area contributed by atoms with Crippen molar-refractivity contribution in [3.05, 3.63) is 42.1 Å². The van der Waals surface area contributed by atoms with Crippen LogP contribution >= 0.6 is 0 Å². The van der Waals surface area contributed by atoms with E-state index in [4.69, 9.17) is 4.74 Å². The highest BCUT2D eigenvalue weighted by Crippen LogP contribution is 2.24. The molecule has 3 rings (SSSR count). The molecule has 2 aromatic heterocycles. The maximum absolute atomic E-state index is 10.2. The van der Waals surface area contributed by atoms with E-state index in [-0.39, 0.29) is 6.61 Å². The molecule has 7 heteroatoms. The Morgan fingerprint density at radius 3 is 2.92 bits per heavy atom. The minimum Gasteiger partial charge on any atom is -0.490 e. The molecule has 0 amide bonds. The average Bonchev–Trinajstić information content (AvgIpc) is 3.15. The summed E-state index contributed by atoms with van der Waals surface area (Å²) < 4.78 is 7.74. The highest BCUT2D eigenvalue weighted by Gasteiger charge is 2.13. The molecule has 128 valence electrons. The van der Waals surface area contributed by atoms with Gasteiger partial charge in [0, 0.05) is 30.7 Å². The van der Waals surface area contributed by atoms with Crippen molar-refractivity contribution < 1.29 is 9.84 Å². The first-order chi connectivity index (χ1) is 11.5. The smallest absolute Gasteiger partial charge is 0.146 e. The highest BCUT2D eigenvalue weighted by atomic mass is 16.5. The lowest BCUT2D eigenvalue weighted by Crippen LogP contribution is -2.33. The molecule has 0 fully saturated rings. The van der Waals surface area contributed by atoms with E-state index in [2.05, 4.69) is 15.2 Å². The number of hydrogen-bond donors (Lipinski definition) is 2. The number of rotatable bonds is 7. The van der Waals surface area contributed by atoms with Crippen molar-refractivity contribution in [3.8, 4) is 5.75 Å². The number of aryl methyl sites for hydroxylation is 1. The Balaban J connectivity index is 1.53. The van der Waals surface area contributed by atoms with Crippen LogP contribution in [0.4, 0.5) is 0 Å². The summed E-state index contributed by atoms with van der Waals surface area (Å²) in [4.78, 5) is 5.16. The van der Waals surface area contributed by atoms with Gasteiger partial charge in [-0.25, -0.2) is 0 Å². The SMILES string of the molecule is Cc1nnc(CN(C)CC(O)COc2cccc3[nH]ccc23)n1C. The van der Waals surface area contributed by atoms with Crippen molar-refractivity contribution in [1.82, 2.24) is 24.6 Å². The quantitative estimate of drug-likeness (QED) is 0.686. The molecule has 3 aromatic rings. The summed E-state index contributed by atoms with van der Waals surface area (Å²) in [6.45, 7) is 3.28. The third-order valence-electron chi connectivity index (χ3n) is 4.10. The molecule has 0 radical (unpaired) electrons. The number of aromatic amines is 1. The Bertz CT molecular complexity index is 810. The molecule has 1 aromatic carbocycles. The summed E-state index contributed by atoms with van der Waals surface area (Å²) in [5.41, 5.74) is 1.02. The number of H-pyrrole nitrogens is 1. The monoisotopic (exact) mass is 329 g/mol. The zero-order chi connectivity index (χ0) is 17.1. The summed E-state index contributed by atoms with van der Waals surface area (Å²) in [6, 6.07) is 7.81. The highest BCUT2D eigenvalue weighted by molar-refractivity contribution is 5.85. The molecule has 24 heavy (non-hydrogen) atoms. The Kier molecular flexibility index (Phi) is 4.82. The van der Waals surface area contributed by atoms with E-state index >= 15 is 0 Å². The van der Waals surface area contributed by atoms with Crippen LogP contribution in [0.3, 0.4) is 0 Å². The van der Waals surface area contributed by atoms with Crippen LogP contribution < -0.4 is 4.74 Å². The number of hydrogen-bond acceptors (Lipinski definition) is 5. The molecule has 2 N–H and O–H groups in total. The number of benzene rings is 1. The second-order valence-corrected chi connectivity index (χ2v) is 6.08. The molecule has 0 bridgehead atoms. The summed E-state index contributed by atoms with van der Waals surface area (Å²) in [6.07, 6.45) is 1.29. The third-order valence-corrected chi connectivity index (χ3v) is 4.10. The van der Waals surface area contributed by atoms with Crippen LogP contribution in [0.5, 0.6) is 5.75 Å². The van der Waals surface area contributed by atoms with Gasteiger partial charge in [-0.05, 0) is 32.2 Å². The summed E-state index contributed by atoms with van der Waals surface area (Å²) in [5, 5.41) is 19.4. The van der Waals surface area contributed by atoms with Gasteiger partial charge in [0.05, 0.1) is 6.54 Å². The molecule has 0 saturated carbocycles. The van der Waals surface area contributed by atoms with Gasteiger partial charge in [-0.1, -0.05) is 6.07 Å². The van der Waals surface area contributed by atoms with Gasteiger partial charge in [-0.3, -0.25) is 4.90 Å². The van der Waals surface area contributed by atoms with Crippen LogP contribution in [-0.4, -0.2) is 56.1 Å². The van der Waals surface area contributed by atoms with E-state index in [0.29, 0.717) is 13.1 Å². The number of nitrogens with one attached hydrogen (secondary N) is 1. The van der Waals surface area contributed by atoms with Gasteiger partial charge in [0.1, 0.15) is 30.1 Å². The molecule has 0 aliphatic rings. The minimum atomic E-state index is -0.585. The van der Waals surface area contributed by atoms with Gasteiger partial charge >= 0.3 is 0 Å². The van der Waals surface area contributed by atoms with Gasteiger partial charge < -0.3 is 19.4 Å². The largest absolute Gasteiger partial charge is 0.490 e. The Labute approximate surface area is 140 Å². The molecule has 1 atom stereocenters. The predicted molar refractivity (Wildman–Crippen MR) is 91.9 cm³/mol. The Morgan fingerprint density at radius 1 is 1.33 bits per heavy atom. The summed E-state index contributed by atoms with van der Waals surface area (Å²) in [7, 11) is 3.88. The number of fused-ring (bicyclic) bond motifs is 1. The second-order valence-electron chi connectivity index (χ2n) is 6.08. The number of likely N-dealkylation sites (N-methyl/N-ethyl adjacent to an activating group) is 1. The number of aliphatic hydroxyl groups is 1. The molecule has 1 unspecified atom stereocenters. The second kappa shape index (κ2) is 7.02. The number of aliphatic hydroxyl groups excluding tert-OH is 1. The number of nitrogens with zero attached hydrogens (tertiary/aromatic N) is 4. The average molecular weight is 329 g/mol. The molecular weight excluding hydrogens is 306 g/mol. The first-order valence-corrected chi connectivity index (χ1v) is 7.95. The fourth-order valence-electron chi connectivity index (χ4n) is 2.68. The van der Waals surface area contributed by atoms with Crippen molar-refractivity contribution in [2.45, 2.75) is 19.6 Å². The maximum atomic E-state index is 10.2. The van der Waals surface area contributed by atoms with Crippen LogP contribution in [0.2, 0.25) is 0 Å². The lowest BCUT2D eigenvalue weighted by molar-refractivity contribution is 0.0740. The van der Waals surface area contributed by atoms with Gasteiger partial charge in [-0.2, -0.15) is 0 Å². The first-order valence-electron chi connectivity index (χ1n) is 7.95. The zero-order valence-electron chi connectivity index (χ0n) is 14.2. The molecular formula is C17H23N5O2. The summed E-state index contributed by atoms with van der Waals surface area (Å²) >= 11 is 0. The number of ether oxygens (including phenoxy) is 1. The fourth-order valence-corrected chi connectivity index (χ4v) is 2.68. The molecule has 0 aliphatic carbocycles. The van der Waals surface area contributed by atoms with Crippen LogP contribution in [0.15, 0.2) is 30.5 Å². The van der Waals surface area contributed by atoms with E-state index in [0.717, 1.165) is 28.3 Å². The van der Waals surface area contributed by atoms with Gasteiger partial charge in [0.25, 0.3) is 0 Å². The van der Waals surface area contributed by atoms with E-state index in [1.165, 1.54) is 0 Å². The summed E-state index contributed by atoms with van der Waals surface area (Å²) in [5.74, 6) is 2.53. The Hall–Kier alpha value is -2.38. The third kappa shape index (κ3) is 3.58. The van der Waals surface area contributed by atoms with Crippen LogP contribution in [0.25, 0.3) is 10.9 Å². The van der Waals surface area contributed by atoms with Crippen molar-refractivity contribution >= 4 is 10.9 Å². The predicted octanol–water partition coefficient (Wildman–Crippen LogP) is 1.48. The zero-order valence-corrected chi connectivity index (χ0v) is 14.2. The topological polar surface area (TPSA) is 79.2 Å².